The zero-order valence-electron chi connectivity index (χ0n) is 11.4. The zero-order valence-corrected chi connectivity index (χ0v) is 11.4. The fraction of sp³-hybridized carbons (Fsp3) is 0.538. The minimum atomic E-state index is -0.544. The fourth-order valence-corrected chi connectivity index (χ4v) is 2.17. The second kappa shape index (κ2) is 6.82. The number of hydrogen-bond donors (Lipinski definition) is 1. The first-order valence-corrected chi connectivity index (χ1v) is 6.50. The van der Waals surface area contributed by atoms with E-state index < -0.39 is 5.97 Å². The average molecular weight is 275 g/mol. The van der Waals surface area contributed by atoms with Crippen LogP contribution in [0.15, 0.2) is 12.3 Å². The number of nitriles is 1. The predicted octanol–water partition coefficient (Wildman–Crippen LogP) is 0.663. The maximum Gasteiger partial charge on any atom is 0.376 e. The van der Waals surface area contributed by atoms with E-state index in [0.29, 0.717) is 18.4 Å². The number of likely N-dealkylation sites (tertiary alicyclic amines) is 1. The Kier molecular flexibility index (Phi) is 4.85. The van der Waals surface area contributed by atoms with Crippen LogP contribution in [0.3, 0.4) is 0 Å². The van der Waals surface area contributed by atoms with Crippen molar-refractivity contribution in [1.29, 1.82) is 5.26 Å². The summed E-state index contributed by atoms with van der Waals surface area (Å²) in [6.07, 6.45) is 3.42. The van der Waals surface area contributed by atoms with Crippen LogP contribution in [0.5, 0.6) is 0 Å². The number of anilines is 1. The molecule has 0 aromatic carbocycles. The third-order valence-electron chi connectivity index (χ3n) is 3.26. The highest BCUT2D eigenvalue weighted by atomic mass is 16.5. The Morgan fingerprint density at radius 2 is 2.35 bits per heavy atom. The molecule has 7 nitrogen and oxygen atoms in total. The van der Waals surface area contributed by atoms with Crippen LogP contribution in [0.2, 0.25) is 0 Å². The molecule has 1 N–H and O–H groups in total. The molecule has 0 radical (unpaired) electrons. The molecule has 106 valence electrons. The molecule has 0 amide bonds. The fourth-order valence-electron chi connectivity index (χ4n) is 2.17. The summed E-state index contributed by atoms with van der Waals surface area (Å²) in [6, 6.07) is 4.19. The van der Waals surface area contributed by atoms with Crippen molar-refractivity contribution in [2.24, 2.45) is 0 Å². The monoisotopic (exact) mass is 275 g/mol. The van der Waals surface area contributed by atoms with Crippen LogP contribution in [0.1, 0.15) is 23.5 Å². The minimum absolute atomic E-state index is 0.0550. The number of methoxy groups -OCH3 is 1. The third kappa shape index (κ3) is 3.65. The number of ether oxygens (including phenoxy) is 1. The smallest absolute Gasteiger partial charge is 0.376 e. The summed E-state index contributed by atoms with van der Waals surface area (Å²) in [7, 11) is 1.30. The van der Waals surface area contributed by atoms with Crippen LogP contribution in [-0.4, -0.2) is 53.6 Å². The zero-order chi connectivity index (χ0) is 14.4. The number of piperidine rings is 1. The summed E-state index contributed by atoms with van der Waals surface area (Å²) in [5.41, 5.74) is 0. The van der Waals surface area contributed by atoms with Crippen LogP contribution in [-0.2, 0) is 4.74 Å². The molecule has 20 heavy (non-hydrogen) atoms. The molecule has 1 aromatic rings. The van der Waals surface area contributed by atoms with Gasteiger partial charge in [0.05, 0.1) is 19.7 Å². The van der Waals surface area contributed by atoms with Gasteiger partial charge in [-0.2, -0.15) is 5.26 Å². The maximum atomic E-state index is 11.4. The van der Waals surface area contributed by atoms with Gasteiger partial charge in [-0.05, 0) is 18.9 Å². The number of esters is 1. The van der Waals surface area contributed by atoms with Gasteiger partial charge < -0.3 is 10.1 Å². The van der Waals surface area contributed by atoms with E-state index in [0.717, 1.165) is 25.9 Å². The van der Waals surface area contributed by atoms with Crippen LogP contribution >= 0.6 is 0 Å². The molecule has 7 heteroatoms. The molecular weight excluding hydrogens is 258 g/mol. The lowest BCUT2D eigenvalue weighted by atomic mass is 10.1. The Labute approximate surface area is 117 Å². The molecule has 1 fully saturated rings. The van der Waals surface area contributed by atoms with Crippen LogP contribution in [0.25, 0.3) is 0 Å². The van der Waals surface area contributed by atoms with E-state index in [2.05, 4.69) is 31.0 Å². The molecule has 0 bridgehead atoms. The highest BCUT2D eigenvalue weighted by molar-refractivity contribution is 5.85. The van der Waals surface area contributed by atoms with Crippen molar-refractivity contribution < 1.29 is 9.53 Å². The Hall–Kier alpha value is -2.20. The minimum Gasteiger partial charge on any atom is -0.463 e. The molecule has 0 spiro atoms. The summed E-state index contributed by atoms with van der Waals surface area (Å²) in [6.45, 7) is 2.26. The predicted molar refractivity (Wildman–Crippen MR) is 72.1 cm³/mol. The number of hydrogen-bond acceptors (Lipinski definition) is 7. The molecule has 0 unspecified atom stereocenters. The van der Waals surface area contributed by atoms with Gasteiger partial charge in [0.25, 0.3) is 0 Å². The van der Waals surface area contributed by atoms with Gasteiger partial charge in [0.1, 0.15) is 5.82 Å². The molecule has 0 saturated carbocycles. The SMILES string of the molecule is COC(=O)c1nccc(NC2CCN(CC#N)CC2)n1. The van der Waals surface area contributed by atoms with E-state index in [1.807, 2.05) is 0 Å². The third-order valence-corrected chi connectivity index (χ3v) is 3.26. The van der Waals surface area contributed by atoms with Crippen molar-refractivity contribution in [3.05, 3.63) is 18.1 Å². The number of carbonyl (C=O) groups is 1. The lowest BCUT2D eigenvalue weighted by molar-refractivity contribution is 0.0587. The van der Waals surface area contributed by atoms with Gasteiger partial charge in [-0.1, -0.05) is 0 Å². The van der Waals surface area contributed by atoms with Crippen LogP contribution in [0, 0.1) is 11.3 Å². The number of nitrogens with one attached hydrogen (secondary N) is 1. The molecular formula is C13H17N5O2. The number of rotatable bonds is 4. The standard InChI is InChI=1S/C13H17N5O2/c1-20-13(19)12-15-6-2-11(17-12)16-10-3-7-18(8-4-10)9-5-14/h2,6,10H,3-4,7-9H2,1H3,(H,15,16,17). The highest BCUT2D eigenvalue weighted by Gasteiger charge is 2.19. The van der Waals surface area contributed by atoms with E-state index in [1.54, 1.807) is 6.07 Å². The van der Waals surface area contributed by atoms with Gasteiger partial charge in [0.15, 0.2) is 0 Å². The summed E-state index contributed by atoms with van der Waals surface area (Å²) >= 11 is 0. The second-order valence-electron chi connectivity index (χ2n) is 4.61. The summed E-state index contributed by atoms with van der Waals surface area (Å²) < 4.78 is 4.59. The van der Waals surface area contributed by atoms with Gasteiger partial charge >= 0.3 is 5.97 Å². The molecule has 1 aliphatic heterocycles. The largest absolute Gasteiger partial charge is 0.463 e. The Morgan fingerprint density at radius 3 is 3.00 bits per heavy atom. The summed E-state index contributed by atoms with van der Waals surface area (Å²) in [5.74, 6) is 0.135. The molecule has 2 heterocycles. The highest BCUT2D eigenvalue weighted by Crippen LogP contribution is 2.14. The number of nitrogens with zero attached hydrogens (tertiary/aromatic N) is 4. The Balaban J connectivity index is 1.91. The Morgan fingerprint density at radius 1 is 1.60 bits per heavy atom. The summed E-state index contributed by atoms with van der Waals surface area (Å²) in [5, 5.41) is 12.0. The lowest BCUT2D eigenvalue weighted by Crippen LogP contribution is -2.39. The van der Waals surface area contributed by atoms with E-state index in [-0.39, 0.29) is 5.82 Å². The van der Waals surface area contributed by atoms with E-state index in [4.69, 9.17) is 5.26 Å². The molecule has 0 atom stereocenters. The quantitative estimate of drug-likeness (QED) is 0.637. The number of carbonyl (C=O) groups excluding carboxylic acids is 1. The first kappa shape index (κ1) is 14.2. The van der Waals surface area contributed by atoms with Crippen molar-refractivity contribution >= 4 is 11.8 Å². The van der Waals surface area contributed by atoms with Crippen molar-refractivity contribution in [3.8, 4) is 6.07 Å². The maximum absolute atomic E-state index is 11.4. The normalized spacial score (nSPS) is 16.4. The van der Waals surface area contributed by atoms with Gasteiger partial charge in [0, 0.05) is 25.3 Å². The van der Waals surface area contributed by atoms with Crippen LogP contribution in [0.4, 0.5) is 5.82 Å². The molecule has 0 aliphatic carbocycles. The average Bonchev–Trinajstić information content (AvgIpc) is 2.49. The first-order chi connectivity index (χ1) is 9.72. The van der Waals surface area contributed by atoms with Crippen molar-refractivity contribution in [2.75, 3.05) is 32.1 Å². The lowest BCUT2D eigenvalue weighted by Gasteiger charge is -2.30. The molecule has 1 aliphatic rings. The summed E-state index contributed by atoms with van der Waals surface area (Å²) in [4.78, 5) is 21.5. The molecule has 1 saturated heterocycles. The van der Waals surface area contributed by atoms with Gasteiger partial charge in [-0.25, -0.2) is 14.8 Å². The van der Waals surface area contributed by atoms with Gasteiger partial charge in [-0.3, -0.25) is 4.90 Å². The van der Waals surface area contributed by atoms with E-state index >= 15 is 0 Å². The van der Waals surface area contributed by atoms with Crippen molar-refractivity contribution in [1.82, 2.24) is 14.9 Å². The molecule has 1 aromatic heterocycles. The van der Waals surface area contributed by atoms with E-state index in [9.17, 15) is 4.79 Å². The second-order valence-corrected chi connectivity index (χ2v) is 4.61. The first-order valence-electron chi connectivity index (χ1n) is 6.50. The molecule has 2 rings (SSSR count). The van der Waals surface area contributed by atoms with Gasteiger partial charge in [0.2, 0.25) is 5.82 Å². The number of aromatic nitrogens is 2. The van der Waals surface area contributed by atoms with Gasteiger partial charge in [-0.15, -0.1) is 0 Å². The topological polar surface area (TPSA) is 91.1 Å². The van der Waals surface area contributed by atoms with Crippen molar-refractivity contribution in [2.45, 2.75) is 18.9 Å². The van der Waals surface area contributed by atoms with Crippen molar-refractivity contribution in [3.63, 3.8) is 0 Å². The Bertz CT molecular complexity index is 506. The van der Waals surface area contributed by atoms with Crippen LogP contribution < -0.4 is 5.32 Å². The van der Waals surface area contributed by atoms with E-state index in [1.165, 1.54) is 13.3 Å².